The van der Waals surface area contributed by atoms with Crippen molar-refractivity contribution in [3.8, 4) is 10.7 Å². The third-order valence-electron chi connectivity index (χ3n) is 4.58. The van der Waals surface area contributed by atoms with Gasteiger partial charge in [-0.05, 0) is 24.6 Å². The van der Waals surface area contributed by atoms with Crippen LogP contribution in [0.3, 0.4) is 0 Å². The smallest absolute Gasteiger partial charge is 0.273 e. The third kappa shape index (κ3) is 3.79. The maximum absolute atomic E-state index is 12.8. The number of carbonyl (C=O) groups is 1. The van der Waals surface area contributed by atoms with Gasteiger partial charge in [-0.25, -0.2) is 4.98 Å². The lowest BCUT2D eigenvalue weighted by Crippen LogP contribution is -2.49. The highest BCUT2D eigenvalue weighted by atomic mass is 35.5. The molecule has 1 fully saturated rings. The van der Waals surface area contributed by atoms with E-state index in [-0.39, 0.29) is 5.91 Å². The molecule has 0 atom stereocenters. The van der Waals surface area contributed by atoms with E-state index < -0.39 is 0 Å². The molecular formula is C19H18ClN5OS. The Morgan fingerprint density at radius 3 is 2.74 bits per heavy atom. The molecule has 1 amide bonds. The number of benzene rings is 1. The first-order valence-corrected chi connectivity index (χ1v) is 9.90. The van der Waals surface area contributed by atoms with Crippen molar-refractivity contribution in [3.05, 3.63) is 58.4 Å². The number of hydrogen-bond acceptors (Lipinski definition) is 6. The van der Waals surface area contributed by atoms with Crippen LogP contribution in [-0.4, -0.2) is 51.9 Å². The van der Waals surface area contributed by atoms with Gasteiger partial charge in [-0.2, -0.15) is 0 Å². The normalized spacial score (nSPS) is 14.4. The fraction of sp³-hybridized carbons (Fsp3) is 0.263. The minimum Gasteiger partial charge on any atom is -0.368 e. The van der Waals surface area contributed by atoms with Gasteiger partial charge in [0.05, 0.1) is 6.20 Å². The summed E-state index contributed by atoms with van der Waals surface area (Å²) in [4.78, 5) is 29.7. The quantitative estimate of drug-likeness (QED) is 0.674. The lowest BCUT2D eigenvalue weighted by Gasteiger charge is -2.36. The van der Waals surface area contributed by atoms with Crippen LogP contribution in [0, 0.1) is 6.92 Å². The molecule has 4 rings (SSSR count). The predicted octanol–water partition coefficient (Wildman–Crippen LogP) is 3.52. The fourth-order valence-corrected chi connectivity index (χ4v) is 4.06. The molecule has 6 nitrogen and oxygen atoms in total. The van der Waals surface area contributed by atoms with Gasteiger partial charge in [-0.15, -0.1) is 11.3 Å². The third-order valence-corrected chi connectivity index (χ3v) is 5.68. The zero-order valence-corrected chi connectivity index (χ0v) is 16.4. The second-order valence-corrected chi connectivity index (χ2v) is 7.63. The highest BCUT2D eigenvalue weighted by molar-refractivity contribution is 7.13. The van der Waals surface area contributed by atoms with Gasteiger partial charge < -0.3 is 9.80 Å². The Bertz CT molecular complexity index is 954. The van der Waals surface area contributed by atoms with Crippen molar-refractivity contribution >= 4 is 34.5 Å². The van der Waals surface area contributed by atoms with E-state index in [0.29, 0.717) is 29.5 Å². The minimum absolute atomic E-state index is 0.0381. The summed E-state index contributed by atoms with van der Waals surface area (Å²) < 4.78 is 0. The van der Waals surface area contributed by atoms with Crippen molar-refractivity contribution in [2.75, 3.05) is 31.1 Å². The van der Waals surface area contributed by atoms with E-state index in [1.165, 1.54) is 16.9 Å². The number of aromatic nitrogens is 3. The van der Waals surface area contributed by atoms with Gasteiger partial charge in [0, 0.05) is 54.7 Å². The molecule has 8 heteroatoms. The van der Waals surface area contributed by atoms with Crippen molar-refractivity contribution in [3.63, 3.8) is 0 Å². The number of carbonyl (C=O) groups excluding carboxylic acids is 1. The average molecular weight is 400 g/mol. The lowest BCUT2D eigenvalue weighted by atomic mass is 10.1. The Morgan fingerprint density at radius 2 is 2.00 bits per heavy atom. The van der Waals surface area contributed by atoms with Crippen molar-refractivity contribution in [2.45, 2.75) is 6.92 Å². The Balaban J connectivity index is 1.43. The molecule has 3 aromatic rings. The summed E-state index contributed by atoms with van der Waals surface area (Å²) in [6.45, 7) is 4.93. The van der Waals surface area contributed by atoms with E-state index in [4.69, 9.17) is 11.6 Å². The Labute approximate surface area is 166 Å². The average Bonchev–Trinajstić information content (AvgIpc) is 3.20. The molecular weight excluding hydrogens is 382 g/mol. The number of nitrogens with zero attached hydrogens (tertiary/aromatic N) is 5. The summed E-state index contributed by atoms with van der Waals surface area (Å²) in [5, 5.41) is 3.23. The zero-order chi connectivity index (χ0) is 18.8. The maximum Gasteiger partial charge on any atom is 0.273 e. The Morgan fingerprint density at radius 1 is 1.19 bits per heavy atom. The second-order valence-electron chi connectivity index (χ2n) is 6.34. The van der Waals surface area contributed by atoms with Gasteiger partial charge in [0.25, 0.3) is 5.91 Å². The molecule has 0 bridgehead atoms. The van der Waals surface area contributed by atoms with Crippen LogP contribution < -0.4 is 4.90 Å². The molecule has 0 radical (unpaired) electrons. The first kappa shape index (κ1) is 17.9. The second kappa shape index (κ2) is 7.62. The van der Waals surface area contributed by atoms with E-state index >= 15 is 0 Å². The van der Waals surface area contributed by atoms with E-state index in [9.17, 15) is 4.79 Å². The number of amides is 1. The van der Waals surface area contributed by atoms with Crippen LogP contribution in [0.4, 0.5) is 5.69 Å². The Hall–Kier alpha value is -2.51. The van der Waals surface area contributed by atoms with Crippen LogP contribution >= 0.6 is 22.9 Å². The van der Waals surface area contributed by atoms with Gasteiger partial charge in [0.15, 0.2) is 0 Å². The van der Waals surface area contributed by atoms with Crippen molar-refractivity contribution in [1.82, 2.24) is 19.9 Å². The maximum atomic E-state index is 12.8. The van der Waals surface area contributed by atoms with Crippen LogP contribution in [0.25, 0.3) is 10.7 Å². The molecule has 2 aromatic heterocycles. The van der Waals surface area contributed by atoms with E-state index in [1.54, 1.807) is 24.0 Å². The molecule has 138 valence electrons. The summed E-state index contributed by atoms with van der Waals surface area (Å²) >= 11 is 7.55. The summed E-state index contributed by atoms with van der Waals surface area (Å²) in [6, 6.07) is 5.91. The number of halogens is 1. The van der Waals surface area contributed by atoms with E-state index in [0.717, 1.165) is 23.8 Å². The molecule has 0 aliphatic carbocycles. The molecule has 1 aromatic carbocycles. The van der Waals surface area contributed by atoms with Gasteiger partial charge in [-0.1, -0.05) is 17.7 Å². The predicted molar refractivity (Wildman–Crippen MR) is 107 cm³/mol. The van der Waals surface area contributed by atoms with Crippen LogP contribution in [0.5, 0.6) is 0 Å². The topological polar surface area (TPSA) is 62.2 Å². The van der Waals surface area contributed by atoms with Gasteiger partial charge >= 0.3 is 0 Å². The van der Waals surface area contributed by atoms with Crippen LogP contribution in [0.2, 0.25) is 5.02 Å². The molecule has 3 heterocycles. The monoisotopic (exact) mass is 399 g/mol. The molecule has 0 spiro atoms. The number of anilines is 1. The van der Waals surface area contributed by atoms with Crippen molar-refractivity contribution in [1.29, 1.82) is 0 Å². The van der Waals surface area contributed by atoms with Crippen LogP contribution in [-0.2, 0) is 0 Å². The summed E-state index contributed by atoms with van der Waals surface area (Å²) in [5.74, 6) is -0.0381. The lowest BCUT2D eigenvalue weighted by molar-refractivity contribution is 0.0742. The molecule has 1 aliphatic rings. The van der Waals surface area contributed by atoms with Crippen molar-refractivity contribution in [2.24, 2.45) is 0 Å². The van der Waals surface area contributed by atoms with Crippen LogP contribution in [0.1, 0.15) is 16.1 Å². The SMILES string of the molecule is Cc1ccc(Cl)cc1N1CCN(C(=O)c2csc(-c3cnccn3)n2)CC1. The fourth-order valence-electron chi connectivity index (χ4n) is 3.13. The zero-order valence-electron chi connectivity index (χ0n) is 14.8. The summed E-state index contributed by atoms with van der Waals surface area (Å²) in [7, 11) is 0. The largest absolute Gasteiger partial charge is 0.368 e. The highest BCUT2D eigenvalue weighted by Gasteiger charge is 2.25. The summed E-state index contributed by atoms with van der Waals surface area (Å²) in [6.07, 6.45) is 4.89. The number of hydrogen-bond donors (Lipinski definition) is 0. The molecule has 27 heavy (non-hydrogen) atoms. The van der Waals surface area contributed by atoms with Gasteiger partial charge in [-0.3, -0.25) is 14.8 Å². The number of piperazine rings is 1. The van der Waals surface area contributed by atoms with Crippen molar-refractivity contribution < 1.29 is 4.79 Å². The van der Waals surface area contributed by atoms with E-state index in [1.807, 2.05) is 23.1 Å². The molecule has 0 unspecified atom stereocenters. The molecule has 1 saturated heterocycles. The van der Waals surface area contributed by atoms with Gasteiger partial charge in [0.1, 0.15) is 16.4 Å². The van der Waals surface area contributed by atoms with Crippen LogP contribution in [0.15, 0.2) is 42.2 Å². The first-order valence-electron chi connectivity index (χ1n) is 8.64. The minimum atomic E-state index is -0.0381. The number of thiazole rings is 1. The van der Waals surface area contributed by atoms with E-state index in [2.05, 4.69) is 26.8 Å². The van der Waals surface area contributed by atoms with Gasteiger partial charge in [0.2, 0.25) is 0 Å². The molecule has 1 aliphatic heterocycles. The highest BCUT2D eigenvalue weighted by Crippen LogP contribution is 2.26. The first-order chi connectivity index (χ1) is 13.1. The standard InChI is InChI=1S/C19H18ClN5OS/c1-13-2-3-14(20)10-17(13)24-6-8-25(9-7-24)19(26)16-12-27-18(23-16)15-11-21-4-5-22-15/h2-5,10-12H,6-9H2,1H3. The number of aryl methyl sites for hydroxylation is 1. The summed E-state index contributed by atoms with van der Waals surface area (Å²) in [5.41, 5.74) is 3.47. The Kier molecular flexibility index (Phi) is 5.05. The molecule has 0 N–H and O–H groups in total. The molecule has 0 saturated carbocycles. The number of rotatable bonds is 3.